The number of aryl methyl sites for hydroxylation is 1. The van der Waals surface area contributed by atoms with Gasteiger partial charge in [-0.05, 0) is 18.1 Å². The minimum absolute atomic E-state index is 0.0188. The first kappa shape index (κ1) is 10.3. The van der Waals surface area contributed by atoms with Gasteiger partial charge in [0.15, 0.2) is 17.3 Å². The zero-order chi connectivity index (χ0) is 10.7. The Hall–Kier alpha value is -1.78. The Morgan fingerprint density at radius 1 is 1.36 bits per heavy atom. The van der Waals surface area contributed by atoms with E-state index in [2.05, 4.69) is 0 Å². The van der Waals surface area contributed by atoms with Gasteiger partial charge in [-0.15, -0.1) is 0 Å². The number of aromatic hydroxyl groups is 2. The van der Waals surface area contributed by atoms with Gasteiger partial charge in [0.2, 0.25) is 0 Å². The molecule has 76 valence electrons. The molecule has 0 aliphatic rings. The number of carbonyl (C=O) groups is 1. The zero-order valence-corrected chi connectivity index (χ0v) is 7.20. The van der Waals surface area contributed by atoms with Gasteiger partial charge >= 0.3 is 5.97 Å². The van der Waals surface area contributed by atoms with Gasteiger partial charge in [-0.3, -0.25) is 4.79 Å². The SMILES string of the molecule is O=C(O)CCc1ccc(O)c(O)c1F. The summed E-state index contributed by atoms with van der Waals surface area (Å²) in [6.07, 6.45) is -0.240. The summed E-state index contributed by atoms with van der Waals surface area (Å²) in [5.74, 6) is -3.40. The molecule has 0 fully saturated rings. The van der Waals surface area contributed by atoms with E-state index in [9.17, 15) is 9.18 Å². The Morgan fingerprint density at radius 3 is 2.57 bits per heavy atom. The maximum Gasteiger partial charge on any atom is 0.303 e. The highest BCUT2D eigenvalue weighted by Gasteiger charge is 2.12. The summed E-state index contributed by atoms with van der Waals surface area (Å²) in [4.78, 5) is 10.2. The molecule has 0 radical (unpaired) electrons. The van der Waals surface area contributed by atoms with Crippen LogP contribution < -0.4 is 0 Å². The Kier molecular flexibility index (Phi) is 2.91. The van der Waals surface area contributed by atoms with E-state index in [4.69, 9.17) is 15.3 Å². The summed E-state index contributed by atoms with van der Waals surface area (Å²) in [5.41, 5.74) is 0.0719. The number of halogens is 1. The monoisotopic (exact) mass is 200 g/mol. The fourth-order valence-electron chi connectivity index (χ4n) is 1.03. The Bertz CT molecular complexity index is 362. The van der Waals surface area contributed by atoms with Gasteiger partial charge < -0.3 is 15.3 Å². The second kappa shape index (κ2) is 3.95. The van der Waals surface area contributed by atoms with Crippen LogP contribution in [0.3, 0.4) is 0 Å². The standard InChI is InChI=1S/C9H9FO4/c10-8-5(2-4-7(12)13)1-3-6(11)9(8)14/h1,3,11,14H,2,4H2,(H,12,13). The van der Waals surface area contributed by atoms with Crippen LogP contribution in [0.1, 0.15) is 12.0 Å². The van der Waals surface area contributed by atoms with Gasteiger partial charge in [-0.2, -0.15) is 0 Å². The first-order valence-electron chi connectivity index (χ1n) is 3.93. The average Bonchev–Trinajstić information content (AvgIpc) is 2.13. The molecule has 0 saturated heterocycles. The van der Waals surface area contributed by atoms with Crippen LogP contribution in [-0.2, 0) is 11.2 Å². The maximum atomic E-state index is 13.1. The largest absolute Gasteiger partial charge is 0.504 e. The number of carboxylic acids is 1. The van der Waals surface area contributed by atoms with Crippen molar-refractivity contribution in [3.63, 3.8) is 0 Å². The average molecular weight is 200 g/mol. The van der Waals surface area contributed by atoms with Crippen LogP contribution in [0, 0.1) is 5.82 Å². The summed E-state index contributed by atoms with van der Waals surface area (Å²) in [6.45, 7) is 0. The maximum absolute atomic E-state index is 13.1. The van der Waals surface area contributed by atoms with Crippen molar-refractivity contribution < 1.29 is 24.5 Å². The predicted octanol–water partition coefficient (Wildman–Crippen LogP) is 1.25. The van der Waals surface area contributed by atoms with Crippen molar-refractivity contribution >= 4 is 5.97 Å². The highest BCUT2D eigenvalue weighted by molar-refractivity contribution is 5.67. The fourth-order valence-corrected chi connectivity index (χ4v) is 1.03. The smallest absolute Gasteiger partial charge is 0.303 e. The second-order valence-electron chi connectivity index (χ2n) is 2.80. The van der Waals surface area contributed by atoms with Gasteiger partial charge in [0.05, 0.1) is 0 Å². The zero-order valence-electron chi connectivity index (χ0n) is 7.20. The van der Waals surface area contributed by atoms with Crippen LogP contribution in [0.25, 0.3) is 0 Å². The minimum Gasteiger partial charge on any atom is -0.504 e. The van der Waals surface area contributed by atoms with E-state index in [0.717, 1.165) is 6.07 Å². The molecule has 1 rings (SSSR count). The van der Waals surface area contributed by atoms with Crippen LogP contribution in [0.2, 0.25) is 0 Å². The minimum atomic E-state index is -1.04. The molecule has 0 spiro atoms. The Morgan fingerprint density at radius 2 is 2.00 bits per heavy atom. The molecule has 0 aliphatic heterocycles. The van der Waals surface area contributed by atoms with E-state index in [-0.39, 0.29) is 18.4 Å². The van der Waals surface area contributed by atoms with Crippen LogP contribution in [-0.4, -0.2) is 21.3 Å². The lowest BCUT2D eigenvalue weighted by atomic mass is 10.1. The topological polar surface area (TPSA) is 77.8 Å². The Balaban J connectivity index is 2.88. The summed E-state index contributed by atoms with van der Waals surface area (Å²) in [5, 5.41) is 26.2. The number of aliphatic carboxylic acids is 1. The van der Waals surface area contributed by atoms with Crippen molar-refractivity contribution in [2.24, 2.45) is 0 Å². The highest BCUT2D eigenvalue weighted by atomic mass is 19.1. The van der Waals surface area contributed by atoms with Crippen LogP contribution in [0.4, 0.5) is 4.39 Å². The van der Waals surface area contributed by atoms with Crippen molar-refractivity contribution in [1.29, 1.82) is 0 Å². The van der Waals surface area contributed by atoms with Gasteiger partial charge in [0.25, 0.3) is 0 Å². The number of phenols is 2. The first-order chi connectivity index (χ1) is 6.52. The van der Waals surface area contributed by atoms with Crippen LogP contribution in [0.15, 0.2) is 12.1 Å². The van der Waals surface area contributed by atoms with E-state index >= 15 is 0 Å². The molecule has 3 N–H and O–H groups in total. The van der Waals surface area contributed by atoms with Crippen LogP contribution >= 0.6 is 0 Å². The molecule has 4 nitrogen and oxygen atoms in total. The molecule has 0 atom stereocenters. The molecule has 0 aromatic heterocycles. The fraction of sp³-hybridized carbons (Fsp3) is 0.222. The molecule has 0 unspecified atom stereocenters. The third-order valence-electron chi connectivity index (χ3n) is 1.78. The van der Waals surface area contributed by atoms with E-state index in [1.54, 1.807) is 0 Å². The highest BCUT2D eigenvalue weighted by Crippen LogP contribution is 2.30. The van der Waals surface area contributed by atoms with E-state index in [0.29, 0.717) is 0 Å². The van der Waals surface area contributed by atoms with Crippen molar-refractivity contribution in [1.82, 2.24) is 0 Å². The third-order valence-corrected chi connectivity index (χ3v) is 1.78. The first-order valence-corrected chi connectivity index (χ1v) is 3.93. The molecule has 0 heterocycles. The Labute approximate surface area is 79.2 Å². The summed E-state index contributed by atoms with van der Waals surface area (Å²) in [6, 6.07) is 2.36. The van der Waals surface area contributed by atoms with Crippen molar-refractivity contribution in [3.8, 4) is 11.5 Å². The molecule has 0 saturated carbocycles. The second-order valence-corrected chi connectivity index (χ2v) is 2.80. The molecule has 0 aliphatic carbocycles. The summed E-state index contributed by atoms with van der Waals surface area (Å²) in [7, 11) is 0. The van der Waals surface area contributed by atoms with Gasteiger partial charge in [0.1, 0.15) is 0 Å². The van der Waals surface area contributed by atoms with Gasteiger partial charge in [0, 0.05) is 6.42 Å². The molecular weight excluding hydrogens is 191 g/mol. The van der Waals surface area contributed by atoms with Crippen molar-refractivity contribution in [2.45, 2.75) is 12.8 Å². The number of phenolic OH excluding ortho intramolecular Hbond substituents is 2. The van der Waals surface area contributed by atoms with Crippen LogP contribution in [0.5, 0.6) is 11.5 Å². The number of carboxylic acid groups (broad SMARTS) is 1. The van der Waals surface area contributed by atoms with Crippen molar-refractivity contribution in [2.75, 3.05) is 0 Å². The molecule has 1 aromatic rings. The molecule has 0 bridgehead atoms. The molecule has 14 heavy (non-hydrogen) atoms. The molecular formula is C9H9FO4. The quantitative estimate of drug-likeness (QED) is 0.642. The molecule has 0 amide bonds. The normalized spacial score (nSPS) is 10.1. The lowest BCUT2D eigenvalue weighted by molar-refractivity contribution is -0.136. The summed E-state index contributed by atoms with van der Waals surface area (Å²) >= 11 is 0. The summed E-state index contributed by atoms with van der Waals surface area (Å²) < 4.78 is 13.1. The van der Waals surface area contributed by atoms with Gasteiger partial charge in [-0.1, -0.05) is 6.07 Å². The number of hydrogen-bond acceptors (Lipinski definition) is 3. The molecule has 1 aromatic carbocycles. The third kappa shape index (κ3) is 2.12. The van der Waals surface area contributed by atoms with E-state index in [1.165, 1.54) is 6.07 Å². The van der Waals surface area contributed by atoms with Crippen molar-refractivity contribution in [3.05, 3.63) is 23.5 Å². The number of benzene rings is 1. The molecule has 5 heteroatoms. The lowest BCUT2D eigenvalue weighted by Crippen LogP contribution is -1.99. The number of hydrogen-bond donors (Lipinski definition) is 3. The van der Waals surface area contributed by atoms with E-state index < -0.39 is 23.3 Å². The van der Waals surface area contributed by atoms with Gasteiger partial charge in [-0.25, -0.2) is 4.39 Å². The lowest BCUT2D eigenvalue weighted by Gasteiger charge is -2.04. The van der Waals surface area contributed by atoms with E-state index in [1.807, 2.05) is 0 Å². The number of rotatable bonds is 3. The predicted molar refractivity (Wildman–Crippen MR) is 45.7 cm³/mol.